The van der Waals surface area contributed by atoms with Crippen LogP contribution < -0.4 is 11.1 Å². The quantitative estimate of drug-likeness (QED) is 0.821. The van der Waals surface area contributed by atoms with Gasteiger partial charge in [-0.3, -0.25) is 4.79 Å². The topological polar surface area (TPSA) is 92.5 Å². The van der Waals surface area contributed by atoms with Crippen molar-refractivity contribution in [2.24, 2.45) is 5.73 Å². The number of nitrogens with one attached hydrogen (secondary N) is 1. The fraction of sp³-hybridized carbons (Fsp3) is 0.417. The van der Waals surface area contributed by atoms with E-state index in [1.807, 2.05) is 12.1 Å². The Morgan fingerprint density at radius 1 is 1.32 bits per heavy atom. The largest absolute Gasteiger partial charge is 0.326 e. The van der Waals surface area contributed by atoms with Crippen LogP contribution in [0.5, 0.6) is 0 Å². The third-order valence-electron chi connectivity index (χ3n) is 3.00. The van der Waals surface area contributed by atoms with Gasteiger partial charge in [0, 0.05) is 18.8 Å². The van der Waals surface area contributed by atoms with E-state index in [-0.39, 0.29) is 18.2 Å². The molecule has 1 aromatic rings. The summed E-state index contributed by atoms with van der Waals surface area (Å²) in [5.74, 6) is -0.197. The highest BCUT2D eigenvalue weighted by Gasteiger charge is 2.29. The number of hydrogen-bond acceptors (Lipinski definition) is 4. The summed E-state index contributed by atoms with van der Waals surface area (Å²) in [7, 11) is -3.23. The van der Waals surface area contributed by atoms with Crippen molar-refractivity contribution >= 4 is 21.6 Å². The number of nitrogens with zero attached hydrogens (tertiary/aromatic N) is 1. The molecule has 0 atom stereocenters. The number of hydrogen-bond donors (Lipinski definition) is 2. The Morgan fingerprint density at radius 2 is 2.00 bits per heavy atom. The van der Waals surface area contributed by atoms with Crippen molar-refractivity contribution in [1.82, 2.24) is 4.31 Å². The highest BCUT2D eigenvalue weighted by atomic mass is 32.2. The summed E-state index contributed by atoms with van der Waals surface area (Å²) in [6.07, 6.45) is 0.584. The van der Waals surface area contributed by atoms with Crippen molar-refractivity contribution in [3.8, 4) is 0 Å². The summed E-state index contributed by atoms with van der Waals surface area (Å²) in [6.45, 7) is 0.739. The molecule has 1 amide bonds. The molecule has 104 valence electrons. The van der Waals surface area contributed by atoms with E-state index in [0.717, 1.165) is 5.56 Å². The lowest BCUT2D eigenvalue weighted by molar-refractivity contribution is -0.116. The molecule has 7 heteroatoms. The zero-order valence-electron chi connectivity index (χ0n) is 10.5. The Bertz CT molecular complexity index is 554. The van der Waals surface area contributed by atoms with Gasteiger partial charge in [-0.2, -0.15) is 4.31 Å². The summed E-state index contributed by atoms with van der Waals surface area (Å²) in [4.78, 5) is 11.8. The monoisotopic (exact) mass is 283 g/mol. The second-order valence-corrected chi connectivity index (χ2v) is 6.54. The first kappa shape index (κ1) is 14.0. The van der Waals surface area contributed by atoms with Crippen LogP contribution in [0.4, 0.5) is 5.69 Å². The van der Waals surface area contributed by atoms with Crippen molar-refractivity contribution in [1.29, 1.82) is 0 Å². The first-order valence-electron chi connectivity index (χ1n) is 6.08. The maximum absolute atomic E-state index is 11.8. The second-order valence-electron chi connectivity index (χ2n) is 4.45. The predicted molar refractivity (Wildman–Crippen MR) is 72.9 cm³/mol. The number of anilines is 1. The standard InChI is InChI=1S/C12H17N3O3S/c13-8-10-2-4-11(5-3-10)14-12(16)9-15-6-1-7-19(15,17)18/h2-5H,1,6-9,13H2,(H,14,16). The minimum atomic E-state index is -3.23. The number of sulfonamides is 1. The van der Waals surface area contributed by atoms with E-state index < -0.39 is 10.0 Å². The fourth-order valence-electron chi connectivity index (χ4n) is 1.95. The van der Waals surface area contributed by atoms with Crippen molar-refractivity contribution in [3.05, 3.63) is 29.8 Å². The molecule has 0 bridgehead atoms. The normalized spacial score (nSPS) is 18.4. The molecular weight excluding hydrogens is 266 g/mol. The van der Waals surface area contributed by atoms with Crippen LogP contribution in [0.2, 0.25) is 0 Å². The molecule has 0 spiro atoms. The van der Waals surface area contributed by atoms with Crippen LogP contribution in [-0.2, 0) is 21.4 Å². The smallest absolute Gasteiger partial charge is 0.239 e. The molecule has 0 aromatic heterocycles. The predicted octanol–water partition coefficient (Wildman–Crippen LogP) is 0.119. The Morgan fingerprint density at radius 3 is 2.53 bits per heavy atom. The van der Waals surface area contributed by atoms with Crippen molar-refractivity contribution in [2.75, 3.05) is 24.2 Å². The van der Waals surface area contributed by atoms with E-state index in [9.17, 15) is 13.2 Å². The van der Waals surface area contributed by atoms with Gasteiger partial charge in [0.05, 0.1) is 12.3 Å². The molecule has 1 aliphatic rings. The van der Waals surface area contributed by atoms with Crippen LogP contribution in [-0.4, -0.2) is 37.5 Å². The zero-order valence-corrected chi connectivity index (χ0v) is 11.3. The number of rotatable bonds is 4. The van der Waals surface area contributed by atoms with E-state index in [2.05, 4.69) is 5.32 Å². The highest BCUT2D eigenvalue weighted by molar-refractivity contribution is 7.89. The molecule has 19 heavy (non-hydrogen) atoms. The number of nitrogens with two attached hydrogens (primary N) is 1. The number of carbonyl (C=O) groups excluding carboxylic acids is 1. The van der Waals surface area contributed by atoms with Crippen LogP contribution in [0.1, 0.15) is 12.0 Å². The van der Waals surface area contributed by atoms with Crippen LogP contribution in [0.3, 0.4) is 0 Å². The minimum Gasteiger partial charge on any atom is -0.326 e. The Hall–Kier alpha value is -1.44. The fourth-order valence-corrected chi connectivity index (χ4v) is 3.43. The van der Waals surface area contributed by atoms with Gasteiger partial charge in [-0.1, -0.05) is 12.1 Å². The van der Waals surface area contributed by atoms with E-state index in [1.54, 1.807) is 12.1 Å². The van der Waals surface area contributed by atoms with Gasteiger partial charge in [-0.05, 0) is 24.1 Å². The molecule has 1 aliphatic heterocycles. The highest BCUT2D eigenvalue weighted by Crippen LogP contribution is 2.14. The number of carbonyl (C=O) groups is 1. The van der Waals surface area contributed by atoms with E-state index in [4.69, 9.17) is 5.73 Å². The average molecular weight is 283 g/mol. The van der Waals surface area contributed by atoms with Gasteiger partial charge >= 0.3 is 0 Å². The Kier molecular flexibility index (Phi) is 4.18. The molecule has 0 radical (unpaired) electrons. The van der Waals surface area contributed by atoms with E-state index in [0.29, 0.717) is 25.2 Å². The lowest BCUT2D eigenvalue weighted by Crippen LogP contribution is -2.34. The molecule has 1 heterocycles. The maximum Gasteiger partial charge on any atom is 0.239 e. The second kappa shape index (κ2) is 5.68. The van der Waals surface area contributed by atoms with Crippen molar-refractivity contribution in [3.63, 3.8) is 0 Å². The van der Waals surface area contributed by atoms with Crippen LogP contribution >= 0.6 is 0 Å². The van der Waals surface area contributed by atoms with Gasteiger partial charge < -0.3 is 11.1 Å². The summed E-state index contributed by atoms with van der Waals surface area (Å²) < 4.78 is 24.3. The third kappa shape index (κ3) is 3.52. The minimum absolute atomic E-state index is 0.124. The molecule has 1 aromatic carbocycles. The first-order chi connectivity index (χ1) is 9.01. The van der Waals surface area contributed by atoms with Gasteiger partial charge in [-0.15, -0.1) is 0 Å². The molecule has 0 saturated carbocycles. The number of amides is 1. The molecule has 6 nitrogen and oxygen atoms in total. The summed E-state index contributed by atoms with van der Waals surface area (Å²) in [5, 5.41) is 2.67. The maximum atomic E-state index is 11.8. The average Bonchev–Trinajstić information content (AvgIpc) is 2.69. The summed E-state index contributed by atoms with van der Waals surface area (Å²) in [5.41, 5.74) is 7.09. The van der Waals surface area contributed by atoms with Crippen molar-refractivity contribution < 1.29 is 13.2 Å². The van der Waals surface area contributed by atoms with Gasteiger partial charge in [0.15, 0.2) is 0 Å². The lowest BCUT2D eigenvalue weighted by Gasteiger charge is -2.14. The molecule has 1 saturated heterocycles. The first-order valence-corrected chi connectivity index (χ1v) is 7.69. The van der Waals surface area contributed by atoms with Gasteiger partial charge in [0.25, 0.3) is 0 Å². The molecule has 3 N–H and O–H groups in total. The Balaban J connectivity index is 1.94. The summed E-state index contributed by atoms with van der Waals surface area (Å²) >= 11 is 0. The number of benzene rings is 1. The van der Waals surface area contributed by atoms with E-state index in [1.165, 1.54) is 4.31 Å². The van der Waals surface area contributed by atoms with Gasteiger partial charge in [0.1, 0.15) is 0 Å². The zero-order chi connectivity index (χ0) is 13.9. The third-order valence-corrected chi connectivity index (χ3v) is 4.90. The van der Waals surface area contributed by atoms with Gasteiger partial charge in [-0.25, -0.2) is 8.42 Å². The van der Waals surface area contributed by atoms with Crippen LogP contribution in [0.15, 0.2) is 24.3 Å². The van der Waals surface area contributed by atoms with E-state index >= 15 is 0 Å². The summed E-state index contributed by atoms with van der Waals surface area (Å²) in [6, 6.07) is 7.14. The van der Waals surface area contributed by atoms with Crippen molar-refractivity contribution in [2.45, 2.75) is 13.0 Å². The lowest BCUT2D eigenvalue weighted by atomic mass is 10.2. The molecule has 1 fully saturated rings. The van der Waals surface area contributed by atoms with Gasteiger partial charge in [0.2, 0.25) is 15.9 Å². The molecular formula is C12H17N3O3S. The van der Waals surface area contributed by atoms with Crippen LogP contribution in [0, 0.1) is 0 Å². The molecule has 0 aliphatic carbocycles. The Labute approximate surface area is 112 Å². The molecule has 0 unspecified atom stereocenters. The molecule has 2 rings (SSSR count). The SMILES string of the molecule is NCc1ccc(NC(=O)CN2CCCS2(=O)=O)cc1. The van der Waals surface area contributed by atoms with Crippen LogP contribution in [0.25, 0.3) is 0 Å².